The van der Waals surface area contributed by atoms with Crippen molar-refractivity contribution in [2.45, 2.75) is 6.18 Å². The first-order valence-electron chi connectivity index (χ1n) is 9.71. The van der Waals surface area contributed by atoms with E-state index in [4.69, 9.17) is 4.74 Å². The molecule has 0 bridgehead atoms. The highest BCUT2D eigenvalue weighted by Gasteiger charge is 2.31. The summed E-state index contributed by atoms with van der Waals surface area (Å²) in [4.78, 5) is 20.5. The van der Waals surface area contributed by atoms with Gasteiger partial charge in [0.25, 0.3) is 0 Å². The van der Waals surface area contributed by atoms with Crippen molar-refractivity contribution in [2.75, 3.05) is 10.6 Å². The summed E-state index contributed by atoms with van der Waals surface area (Å²) < 4.78 is 59.3. The second kappa shape index (κ2) is 9.17. The smallest absolute Gasteiger partial charge is 0.416 e. The molecule has 4 aromatic rings. The fourth-order valence-electron chi connectivity index (χ4n) is 2.94. The van der Waals surface area contributed by atoms with Crippen LogP contribution in [0.15, 0.2) is 67.3 Å². The van der Waals surface area contributed by atoms with Gasteiger partial charge in [-0.15, -0.1) is 0 Å². The molecule has 8 nitrogen and oxygen atoms in total. The van der Waals surface area contributed by atoms with E-state index < -0.39 is 29.3 Å². The lowest BCUT2D eigenvalue weighted by Gasteiger charge is -2.12. The van der Waals surface area contributed by atoms with Gasteiger partial charge in [-0.2, -0.15) is 18.3 Å². The molecule has 0 atom stereocenters. The van der Waals surface area contributed by atoms with Crippen LogP contribution in [0, 0.1) is 5.82 Å². The average Bonchev–Trinajstić information content (AvgIpc) is 3.21. The number of nitrogens with one attached hydrogen (secondary N) is 2. The minimum absolute atomic E-state index is 0.252. The number of nitrogens with zero attached hydrogens (tertiary/aromatic N) is 4. The minimum atomic E-state index is -4.69. The molecule has 2 aromatic heterocycles. The molecular formula is C22H16F4N6O2. The van der Waals surface area contributed by atoms with Crippen LogP contribution in [-0.4, -0.2) is 25.8 Å². The zero-order valence-corrected chi connectivity index (χ0v) is 17.5. The van der Waals surface area contributed by atoms with Crippen LogP contribution in [0.1, 0.15) is 5.56 Å². The third-order valence-electron chi connectivity index (χ3n) is 4.50. The van der Waals surface area contributed by atoms with Crippen molar-refractivity contribution < 1.29 is 27.1 Å². The molecule has 34 heavy (non-hydrogen) atoms. The highest BCUT2D eigenvalue weighted by atomic mass is 19.4. The number of carbonyl (C=O) groups excluding carboxylic acids is 1. The molecule has 2 heterocycles. The quantitative estimate of drug-likeness (QED) is 0.376. The Morgan fingerprint density at radius 3 is 2.59 bits per heavy atom. The molecule has 0 unspecified atom stereocenters. The first kappa shape index (κ1) is 22.7. The zero-order valence-electron chi connectivity index (χ0n) is 17.5. The van der Waals surface area contributed by atoms with Crippen molar-refractivity contribution in [3.05, 3.63) is 78.6 Å². The predicted molar refractivity (Wildman–Crippen MR) is 115 cm³/mol. The fraction of sp³-hybridized carbons (Fsp3) is 0.0909. The Balaban J connectivity index is 1.43. The highest BCUT2D eigenvalue weighted by Crippen LogP contribution is 2.31. The number of anilines is 2. The van der Waals surface area contributed by atoms with Crippen molar-refractivity contribution in [1.29, 1.82) is 0 Å². The number of carbonyl (C=O) groups is 1. The average molecular weight is 472 g/mol. The molecule has 0 radical (unpaired) electrons. The van der Waals surface area contributed by atoms with E-state index in [0.717, 1.165) is 11.6 Å². The largest absolute Gasteiger partial charge is 0.439 e. The molecule has 2 amide bonds. The zero-order chi connectivity index (χ0) is 24.3. The number of halogens is 4. The first-order chi connectivity index (χ1) is 16.2. The number of alkyl halides is 3. The molecule has 0 aliphatic heterocycles. The number of urea groups is 1. The van der Waals surface area contributed by atoms with E-state index >= 15 is 0 Å². The van der Waals surface area contributed by atoms with E-state index in [1.807, 2.05) is 0 Å². The summed E-state index contributed by atoms with van der Waals surface area (Å²) in [5.74, 6) is -0.619. The van der Waals surface area contributed by atoms with Gasteiger partial charge in [0.2, 0.25) is 5.88 Å². The Morgan fingerprint density at radius 2 is 1.88 bits per heavy atom. The van der Waals surface area contributed by atoms with Gasteiger partial charge in [-0.3, -0.25) is 4.68 Å². The van der Waals surface area contributed by atoms with Gasteiger partial charge >= 0.3 is 12.2 Å². The monoisotopic (exact) mass is 472 g/mol. The van der Waals surface area contributed by atoms with E-state index in [-0.39, 0.29) is 5.88 Å². The Labute approximate surface area is 190 Å². The molecule has 2 N–H and O–H groups in total. The highest BCUT2D eigenvalue weighted by molar-refractivity contribution is 5.99. The van der Waals surface area contributed by atoms with Crippen molar-refractivity contribution in [1.82, 2.24) is 19.7 Å². The first-order valence-corrected chi connectivity index (χ1v) is 9.71. The van der Waals surface area contributed by atoms with E-state index in [1.165, 1.54) is 12.4 Å². The lowest BCUT2D eigenvalue weighted by atomic mass is 10.2. The van der Waals surface area contributed by atoms with E-state index in [1.54, 1.807) is 48.4 Å². The summed E-state index contributed by atoms with van der Waals surface area (Å²) in [7, 11) is 1.78. The molecule has 0 saturated heterocycles. The number of ether oxygens (including phenoxy) is 1. The maximum absolute atomic E-state index is 14.0. The molecular weight excluding hydrogens is 456 g/mol. The molecule has 0 aliphatic rings. The number of aromatic nitrogens is 4. The number of hydrogen-bond donors (Lipinski definition) is 2. The maximum Gasteiger partial charge on any atom is 0.416 e. The van der Waals surface area contributed by atoms with Crippen LogP contribution in [-0.2, 0) is 13.2 Å². The SMILES string of the molecule is Cn1cc(-c2cc(Oc3cccc(NC(=O)Nc4ccc(C(F)(F)F)cc4F)c3)ncn2)cn1. The van der Waals surface area contributed by atoms with Gasteiger partial charge in [0.15, 0.2) is 0 Å². The maximum atomic E-state index is 14.0. The van der Waals surface area contributed by atoms with Crippen LogP contribution in [0.4, 0.5) is 33.7 Å². The van der Waals surface area contributed by atoms with Gasteiger partial charge in [0.05, 0.1) is 23.1 Å². The predicted octanol–water partition coefficient (Wildman–Crippen LogP) is 5.47. The molecule has 4 rings (SSSR count). The standard InChI is InChI=1S/C22H16F4N6O2/c1-32-11-13(10-29-32)19-9-20(28-12-27-19)34-16-4-2-3-15(8-16)30-21(33)31-18-6-5-14(7-17(18)23)22(24,25)26/h2-12H,1H3,(H2,30,31,33). The summed E-state index contributed by atoms with van der Waals surface area (Å²) in [6, 6.07) is 8.88. The number of benzene rings is 2. The van der Waals surface area contributed by atoms with Crippen LogP contribution in [0.3, 0.4) is 0 Å². The Hall–Kier alpha value is -4.48. The normalized spacial score (nSPS) is 11.2. The lowest BCUT2D eigenvalue weighted by Crippen LogP contribution is -2.20. The fourth-order valence-corrected chi connectivity index (χ4v) is 2.94. The minimum Gasteiger partial charge on any atom is -0.439 e. The molecule has 0 saturated carbocycles. The van der Waals surface area contributed by atoms with Gasteiger partial charge in [-0.1, -0.05) is 6.07 Å². The number of aryl methyl sites for hydroxylation is 1. The Morgan fingerprint density at radius 1 is 1.06 bits per heavy atom. The molecule has 0 aliphatic carbocycles. The topological polar surface area (TPSA) is 94.0 Å². The molecule has 12 heteroatoms. The van der Waals surface area contributed by atoms with Crippen molar-refractivity contribution in [3.8, 4) is 22.9 Å². The van der Waals surface area contributed by atoms with E-state index in [9.17, 15) is 22.4 Å². The van der Waals surface area contributed by atoms with Crippen LogP contribution in [0.2, 0.25) is 0 Å². The van der Waals surface area contributed by atoms with Crippen LogP contribution < -0.4 is 15.4 Å². The van der Waals surface area contributed by atoms with Crippen molar-refractivity contribution >= 4 is 17.4 Å². The summed E-state index contributed by atoms with van der Waals surface area (Å²) in [5.41, 5.74) is 0.116. The van der Waals surface area contributed by atoms with E-state index in [0.29, 0.717) is 29.3 Å². The second-order valence-electron chi connectivity index (χ2n) is 7.05. The molecule has 174 valence electrons. The number of rotatable bonds is 5. The Bertz CT molecular complexity index is 1340. The van der Waals surface area contributed by atoms with E-state index in [2.05, 4.69) is 25.7 Å². The van der Waals surface area contributed by atoms with Gasteiger partial charge in [-0.05, 0) is 30.3 Å². The lowest BCUT2D eigenvalue weighted by molar-refractivity contribution is -0.137. The molecule has 2 aromatic carbocycles. The number of hydrogen-bond acceptors (Lipinski definition) is 5. The van der Waals surface area contributed by atoms with Crippen molar-refractivity contribution in [2.24, 2.45) is 7.05 Å². The van der Waals surface area contributed by atoms with Crippen LogP contribution >= 0.6 is 0 Å². The second-order valence-corrected chi connectivity index (χ2v) is 7.05. The number of amides is 2. The summed E-state index contributed by atoms with van der Waals surface area (Å²) in [6.07, 6.45) is 0.0832. The third kappa shape index (κ3) is 5.46. The van der Waals surface area contributed by atoms with Crippen molar-refractivity contribution in [3.63, 3.8) is 0 Å². The van der Waals surface area contributed by atoms with Gasteiger partial charge in [0.1, 0.15) is 17.9 Å². The van der Waals surface area contributed by atoms with Gasteiger partial charge in [0, 0.05) is 36.6 Å². The van der Waals surface area contributed by atoms with Gasteiger partial charge in [-0.25, -0.2) is 19.2 Å². The summed E-state index contributed by atoms with van der Waals surface area (Å²) >= 11 is 0. The third-order valence-corrected chi connectivity index (χ3v) is 4.50. The van der Waals surface area contributed by atoms with Crippen LogP contribution in [0.25, 0.3) is 11.3 Å². The summed E-state index contributed by atoms with van der Waals surface area (Å²) in [6.45, 7) is 0. The Kier molecular flexibility index (Phi) is 6.13. The molecule has 0 spiro atoms. The molecule has 0 fully saturated rings. The van der Waals surface area contributed by atoms with Gasteiger partial charge < -0.3 is 15.4 Å². The summed E-state index contributed by atoms with van der Waals surface area (Å²) in [5, 5.41) is 8.73. The van der Waals surface area contributed by atoms with Crippen LogP contribution in [0.5, 0.6) is 11.6 Å².